The zero-order valence-electron chi connectivity index (χ0n) is 13.2. The van der Waals surface area contributed by atoms with Crippen molar-refractivity contribution in [1.29, 1.82) is 0 Å². The van der Waals surface area contributed by atoms with Crippen molar-refractivity contribution in [1.82, 2.24) is 10.3 Å². The summed E-state index contributed by atoms with van der Waals surface area (Å²) in [5.41, 5.74) is 2.83. The van der Waals surface area contributed by atoms with Gasteiger partial charge in [-0.25, -0.2) is 0 Å². The smallest absolute Gasteiger partial charge is 0.0495 e. The fraction of sp³-hybridized carbons (Fsp3) is 0.722. The Morgan fingerprint density at radius 1 is 1.43 bits per heavy atom. The summed E-state index contributed by atoms with van der Waals surface area (Å²) in [5.74, 6) is 1.32. The predicted octanol–water partition coefficient (Wildman–Crippen LogP) is 3.30. The van der Waals surface area contributed by atoms with Crippen molar-refractivity contribution in [2.24, 2.45) is 5.92 Å². The predicted molar refractivity (Wildman–Crippen MR) is 85.5 cm³/mol. The van der Waals surface area contributed by atoms with Crippen molar-refractivity contribution in [2.75, 3.05) is 19.8 Å². The molecule has 1 aromatic heterocycles. The third-order valence-corrected chi connectivity index (χ3v) is 4.99. The normalized spacial score (nSPS) is 26.5. The van der Waals surface area contributed by atoms with Gasteiger partial charge in [-0.1, -0.05) is 13.0 Å². The Bertz CT molecular complexity index is 443. The molecule has 1 saturated heterocycles. The van der Waals surface area contributed by atoms with Crippen LogP contribution in [0.1, 0.15) is 56.2 Å². The minimum absolute atomic E-state index is 0.561. The molecule has 1 fully saturated rings. The number of nitrogens with zero attached hydrogens (tertiary/aromatic N) is 1. The molecule has 116 valence electrons. The van der Waals surface area contributed by atoms with Crippen LogP contribution in [0.25, 0.3) is 0 Å². The number of rotatable bonds is 6. The molecule has 1 N–H and O–H groups in total. The Balaban J connectivity index is 1.75. The van der Waals surface area contributed by atoms with Gasteiger partial charge in [0, 0.05) is 37.1 Å². The van der Waals surface area contributed by atoms with Crippen molar-refractivity contribution in [3.05, 3.63) is 29.6 Å². The lowest BCUT2D eigenvalue weighted by molar-refractivity contribution is 0.179. The first kappa shape index (κ1) is 15.0. The van der Waals surface area contributed by atoms with Crippen LogP contribution in [-0.4, -0.2) is 30.8 Å². The second-order valence-electron chi connectivity index (χ2n) is 6.57. The maximum atomic E-state index is 5.58. The zero-order valence-corrected chi connectivity index (χ0v) is 13.2. The average Bonchev–Trinajstić information content (AvgIpc) is 3.04. The molecular weight excluding hydrogens is 260 g/mol. The summed E-state index contributed by atoms with van der Waals surface area (Å²) in [7, 11) is 0. The summed E-state index contributed by atoms with van der Waals surface area (Å²) in [6.45, 7) is 5.25. The zero-order chi connectivity index (χ0) is 14.5. The van der Waals surface area contributed by atoms with Crippen LogP contribution < -0.4 is 5.32 Å². The average molecular weight is 288 g/mol. The monoisotopic (exact) mass is 288 g/mol. The highest BCUT2D eigenvalue weighted by Gasteiger charge is 2.31. The van der Waals surface area contributed by atoms with Crippen LogP contribution in [0.5, 0.6) is 0 Å². The van der Waals surface area contributed by atoms with E-state index in [4.69, 9.17) is 9.72 Å². The Hall–Kier alpha value is -0.930. The quantitative estimate of drug-likeness (QED) is 0.872. The van der Waals surface area contributed by atoms with Gasteiger partial charge in [-0.2, -0.15) is 0 Å². The summed E-state index contributed by atoms with van der Waals surface area (Å²) in [4.78, 5) is 4.73. The van der Waals surface area contributed by atoms with Crippen molar-refractivity contribution in [2.45, 2.75) is 57.4 Å². The van der Waals surface area contributed by atoms with E-state index in [9.17, 15) is 0 Å². The number of pyridine rings is 1. The highest BCUT2D eigenvalue weighted by atomic mass is 16.5. The summed E-state index contributed by atoms with van der Waals surface area (Å²) < 4.78 is 5.58. The number of ether oxygens (including phenoxy) is 1. The van der Waals surface area contributed by atoms with Crippen LogP contribution in [0.4, 0.5) is 0 Å². The summed E-state index contributed by atoms with van der Waals surface area (Å²) in [6, 6.07) is 4.91. The summed E-state index contributed by atoms with van der Waals surface area (Å²) >= 11 is 0. The van der Waals surface area contributed by atoms with Gasteiger partial charge in [0.2, 0.25) is 0 Å². The second kappa shape index (κ2) is 7.37. The van der Waals surface area contributed by atoms with Gasteiger partial charge >= 0.3 is 0 Å². The SMILES string of the molecule is CCCNC(CC1CCOC1)C1CCCc2cccnc21. The van der Waals surface area contributed by atoms with E-state index in [0.717, 1.165) is 25.7 Å². The Kier molecular flexibility index (Phi) is 5.26. The largest absolute Gasteiger partial charge is 0.381 e. The van der Waals surface area contributed by atoms with E-state index in [1.165, 1.54) is 49.8 Å². The van der Waals surface area contributed by atoms with Crippen LogP contribution in [0.15, 0.2) is 18.3 Å². The molecule has 3 rings (SSSR count). The molecule has 2 aliphatic rings. The fourth-order valence-electron chi connectivity index (χ4n) is 3.88. The standard InChI is InChI=1S/C18H28N2O/c1-2-9-19-17(12-14-8-11-21-13-14)16-7-3-5-15-6-4-10-20-18(15)16/h4,6,10,14,16-17,19H,2-3,5,7-9,11-13H2,1H3. The minimum Gasteiger partial charge on any atom is -0.381 e. The van der Waals surface area contributed by atoms with Crippen molar-refractivity contribution in [3.8, 4) is 0 Å². The van der Waals surface area contributed by atoms with Crippen LogP contribution in [0, 0.1) is 5.92 Å². The highest BCUT2D eigenvalue weighted by Crippen LogP contribution is 2.35. The van der Waals surface area contributed by atoms with Gasteiger partial charge in [-0.15, -0.1) is 0 Å². The third-order valence-electron chi connectivity index (χ3n) is 4.99. The Morgan fingerprint density at radius 3 is 3.19 bits per heavy atom. The van der Waals surface area contributed by atoms with Gasteiger partial charge in [-0.05, 0) is 62.6 Å². The van der Waals surface area contributed by atoms with E-state index < -0.39 is 0 Å². The molecule has 2 heterocycles. The molecular formula is C18H28N2O. The van der Waals surface area contributed by atoms with E-state index in [1.54, 1.807) is 0 Å². The van der Waals surface area contributed by atoms with Crippen molar-refractivity contribution < 1.29 is 4.74 Å². The molecule has 0 bridgehead atoms. The molecule has 0 amide bonds. The lowest BCUT2D eigenvalue weighted by Crippen LogP contribution is -2.39. The van der Waals surface area contributed by atoms with Gasteiger partial charge in [0.15, 0.2) is 0 Å². The molecule has 3 nitrogen and oxygen atoms in total. The van der Waals surface area contributed by atoms with E-state index in [2.05, 4.69) is 24.4 Å². The molecule has 3 atom stereocenters. The van der Waals surface area contributed by atoms with E-state index in [0.29, 0.717) is 12.0 Å². The number of hydrogen-bond acceptors (Lipinski definition) is 3. The van der Waals surface area contributed by atoms with Crippen LogP contribution in [0.2, 0.25) is 0 Å². The van der Waals surface area contributed by atoms with E-state index >= 15 is 0 Å². The van der Waals surface area contributed by atoms with Crippen LogP contribution in [-0.2, 0) is 11.2 Å². The molecule has 3 unspecified atom stereocenters. The van der Waals surface area contributed by atoms with Crippen molar-refractivity contribution >= 4 is 0 Å². The van der Waals surface area contributed by atoms with E-state index in [1.807, 2.05) is 6.20 Å². The van der Waals surface area contributed by atoms with Gasteiger partial charge < -0.3 is 10.1 Å². The Labute approximate surface area is 128 Å². The molecule has 1 aliphatic carbocycles. The van der Waals surface area contributed by atoms with Gasteiger partial charge in [-0.3, -0.25) is 4.98 Å². The second-order valence-corrected chi connectivity index (χ2v) is 6.57. The molecule has 21 heavy (non-hydrogen) atoms. The van der Waals surface area contributed by atoms with Crippen LogP contribution in [0.3, 0.4) is 0 Å². The molecule has 0 aromatic carbocycles. The molecule has 0 radical (unpaired) electrons. The van der Waals surface area contributed by atoms with Crippen LogP contribution >= 0.6 is 0 Å². The van der Waals surface area contributed by atoms with Crippen molar-refractivity contribution in [3.63, 3.8) is 0 Å². The summed E-state index contributed by atoms with van der Waals surface area (Å²) in [5, 5.41) is 3.81. The Morgan fingerprint density at radius 2 is 2.38 bits per heavy atom. The van der Waals surface area contributed by atoms with Gasteiger partial charge in [0.1, 0.15) is 0 Å². The lowest BCUT2D eigenvalue weighted by atomic mass is 9.79. The molecule has 1 aliphatic heterocycles. The fourth-order valence-corrected chi connectivity index (χ4v) is 3.88. The molecule has 1 aromatic rings. The number of aromatic nitrogens is 1. The minimum atomic E-state index is 0.561. The third kappa shape index (κ3) is 3.64. The maximum absolute atomic E-state index is 5.58. The number of fused-ring (bicyclic) bond motifs is 1. The van der Waals surface area contributed by atoms with E-state index in [-0.39, 0.29) is 0 Å². The first-order valence-corrected chi connectivity index (χ1v) is 8.63. The molecule has 3 heteroatoms. The lowest BCUT2D eigenvalue weighted by Gasteiger charge is -2.33. The van der Waals surface area contributed by atoms with Gasteiger partial charge in [0.05, 0.1) is 0 Å². The van der Waals surface area contributed by atoms with Gasteiger partial charge in [0.25, 0.3) is 0 Å². The topological polar surface area (TPSA) is 34.1 Å². The highest BCUT2D eigenvalue weighted by molar-refractivity contribution is 5.27. The first-order valence-electron chi connectivity index (χ1n) is 8.63. The number of hydrogen-bond donors (Lipinski definition) is 1. The number of nitrogens with one attached hydrogen (secondary N) is 1. The molecule has 0 saturated carbocycles. The number of aryl methyl sites for hydroxylation is 1. The summed E-state index contributed by atoms with van der Waals surface area (Å²) in [6.07, 6.45) is 9.40. The maximum Gasteiger partial charge on any atom is 0.0495 e. The molecule has 0 spiro atoms. The first-order chi connectivity index (χ1) is 10.4.